The van der Waals surface area contributed by atoms with Gasteiger partial charge in [0.25, 0.3) is 5.91 Å². The molecular weight excluding hydrogens is 384 g/mol. The average molecular weight is 417 g/mol. The Bertz CT molecular complexity index is 774. The SMILES string of the molecule is Cc1ccc(CCC2CCN(C(=O)c3ccn(C4CCCNC4)n3)CC2)cc1.Cl. The van der Waals surface area contributed by atoms with Gasteiger partial charge in [0.1, 0.15) is 5.69 Å². The van der Waals surface area contributed by atoms with Crippen LogP contribution < -0.4 is 5.32 Å². The second-order valence-corrected chi connectivity index (χ2v) is 8.44. The van der Waals surface area contributed by atoms with E-state index in [0.29, 0.717) is 11.7 Å². The fraction of sp³-hybridized carbons (Fsp3) is 0.565. The van der Waals surface area contributed by atoms with Crippen LogP contribution in [0.5, 0.6) is 0 Å². The normalized spacial score (nSPS) is 20.3. The molecule has 0 aliphatic carbocycles. The van der Waals surface area contributed by atoms with Gasteiger partial charge in [-0.25, -0.2) is 0 Å². The molecule has 5 nitrogen and oxygen atoms in total. The quantitative estimate of drug-likeness (QED) is 0.800. The molecule has 1 amide bonds. The fourth-order valence-electron chi connectivity index (χ4n) is 4.43. The van der Waals surface area contributed by atoms with Crippen molar-refractivity contribution >= 4 is 18.3 Å². The van der Waals surface area contributed by atoms with E-state index in [-0.39, 0.29) is 18.3 Å². The van der Waals surface area contributed by atoms with Gasteiger partial charge >= 0.3 is 0 Å². The molecular formula is C23H33ClN4O. The van der Waals surface area contributed by atoms with Gasteiger partial charge in [0.15, 0.2) is 0 Å². The smallest absolute Gasteiger partial charge is 0.274 e. The molecule has 2 aliphatic rings. The van der Waals surface area contributed by atoms with Crippen LogP contribution in [-0.4, -0.2) is 46.8 Å². The van der Waals surface area contributed by atoms with Crippen LogP contribution in [0.2, 0.25) is 0 Å². The number of hydrogen-bond donors (Lipinski definition) is 1. The van der Waals surface area contributed by atoms with Crippen molar-refractivity contribution in [1.82, 2.24) is 20.0 Å². The zero-order valence-corrected chi connectivity index (χ0v) is 18.2. The van der Waals surface area contributed by atoms with Gasteiger partial charge in [-0.3, -0.25) is 9.48 Å². The van der Waals surface area contributed by atoms with Crippen LogP contribution in [0.1, 0.15) is 59.8 Å². The number of halogens is 1. The molecule has 0 saturated carbocycles. The summed E-state index contributed by atoms with van der Waals surface area (Å²) in [5, 5.41) is 8.01. The highest BCUT2D eigenvalue weighted by atomic mass is 35.5. The summed E-state index contributed by atoms with van der Waals surface area (Å²) in [6.07, 6.45) is 8.83. The number of nitrogens with one attached hydrogen (secondary N) is 1. The van der Waals surface area contributed by atoms with Crippen molar-refractivity contribution in [3.63, 3.8) is 0 Å². The zero-order chi connectivity index (χ0) is 19.3. The van der Waals surface area contributed by atoms with Gasteiger partial charge in [-0.2, -0.15) is 5.10 Å². The van der Waals surface area contributed by atoms with E-state index >= 15 is 0 Å². The van der Waals surface area contributed by atoms with Crippen LogP contribution in [0.3, 0.4) is 0 Å². The van der Waals surface area contributed by atoms with Crippen LogP contribution in [0.15, 0.2) is 36.5 Å². The van der Waals surface area contributed by atoms with Crippen LogP contribution in [0, 0.1) is 12.8 Å². The minimum absolute atomic E-state index is 0. The number of benzene rings is 1. The van der Waals surface area contributed by atoms with Crippen LogP contribution in [0.25, 0.3) is 0 Å². The minimum Gasteiger partial charge on any atom is -0.337 e. The highest BCUT2D eigenvalue weighted by molar-refractivity contribution is 5.92. The van der Waals surface area contributed by atoms with Crippen LogP contribution in [-0.2, 0) is 6.42 Å². The van der Waals surface area contributed by atoms with Crippen molar-refractivity contribution in [1.29, 1.82) is 0 Å². The molecule has 158 valence electrons. The Hall–Kier alpha value is -1.85. The first-order chi connectivity index (χ1) is 13.7. The number of piperidine rings is 2. The van der Waals surface area contributed by atoms with Crippen molar-refractivity contribution in [2.24, 2.45) is 5.92 Å². The number of carbonyl (C=O) groups excluding carboxylic acids is 1. The minimum atomic E-state index is 0. The first kappa shape index (κ1) is 21.8. The van der Waals surface area contributed by atoms with E-state index in [9.17, 15) is 4.79 Å². The molecule has 2 saturated heterocycles. The molecule has 6 heteroatoms. The van der Waals surface area contributed by atoms with E-state index in [1.807, 2.05) is 21.8 Å². The van der Waals surface area contributed by atoms with Crippen molar-refractivity contribution in [3.8, 4) is 0 Å². The second kappa shape index (κ2) is 10.3. The first-order valence-corrected chi connectivity index (χ1v) is 10.8. The highest BCUT2D eigenvalue weighted by Gasteiger charge is 2.25. The number of nitrogens with zero attached hydrogens (tertiary/aromatic N) is 3. The summed E-state index contributed by atoms with van der Waals surface area (Å²) in [7, 11) is 0. The topological polar surface area (TPSA) is 50.2 Å². The van der Waals surface area contributed by atoms with E-state index in [4.69, 9.17) is 0 Å². The Kier molecular flexibility index (Phi) is 7.73. The molecule has 0 bridgehead atoms. The molecule has 4 rings (SSSR count). The molecule has 1 aromatic heterocycles. The Morgan fingerprint density at radius 1 is 1.14 bits per heavy atom. The largest absolute Gasteiger partial charge is 0.337 e. The number of rotatable bonds is 5. The third kappa shape index (κ3) is 5.61. The van der Waals surface area contributed by atoms with Gasteiger partial charge in [-0.1, -0.05) is 29.8 Å². The van der Waals surface area contributed by atoms with Gasteiger partial charge in [-0.15, -0.1) is 12.4 Å². The Morgan fingerprint density at radius 2 is 1.90 bits per heavy atom. The van der Waals surface area contributed by atoms with E-state index in [0.717, 1.165) is 57.8 Å². The van der Waals surface area contributed by atoms with E-state index in [1.165, 1.54) is 24.0 Å². The molecule has 1 N–H and O–H groups in total. The third-order valence-electron chi connectivity index (χ3n) is 6.34. The number of aryl methyl sites for hydroxylation is 2. The summed E-state index contributed by atoms with van der Waals surface area (Å²) >= 11 is 0. The lowest BCUT2D eigenvalue weighted by molar-refractivity contribution is 0.0679. The average Bonchev–Trinajstić information content (AvgIpc) is 3.24. The molecule has 2 aliphatic heterocycles. The monoisotopic (exact) mass is 416 g/mol. The number of hydrogen-bond acceptors (Lipinski definition) is 3. The molecule has 29 heavy (non-hydrogen) atoms. The summed E-state index contributed by atoms with van der Waals surface area (Å²) < 4.78 is 1.98. The van der Waals surface area contributed by atoms with E-state index in [2.05, 4.69) is 41.6 Å². The maximum absolute atomic E-state index is 12.8. The summed E-state index contributed by atoms with van der Waals surface area (Å²) in [6.45, 7) is 5.88. The predicted molar refractivity (Wildman–Crippen MR) is 119 cm³/mol. The van der Waals surface area contributed by atoms with Crippen molar-refractivity contribution in [2.45, 2.75) is 51.5 Å². The lowest BCUT2D eigenvalue weighted by Gasteiger charge is -2.31. The molecule has 0 spiro atoms. The number of likely N-dealkylation sites (tertiary alicyclic amines) is 1. The predicted octanol–water partition coefficient (Wildman–Crippen LogP) is 4.02. The molecule has 0 radical (unpaired) electrons. The van der Waals surface area contributed by atoms with Gasteiger partial charge in [0.05, 0.1) is 6.04 Å². The Morgan fingerprint density at radius 3 is 2.59 bits per heavy atom. The van der Waals surface area contributed by atoms with E-state index in [1.54, 1.807) is 0 Å². The summed E-state index contributed by atoms with van der Waals surface area (Å²) in [5.41, 5.74) is 3.34. The van der Waals surface area contributed by atoms with Crippen molar-refractivity contribution in [3.05, 3.63) is 53.3 Å². The van der Waals surface area contributed by atoms with Crippen molar-refractivity contribution in [2.75, 3.05) is 26.2 Å². The zero-order valence-electron chi connectivity index (χ0n) is 17.3. The van der Waals surface area contributed by atoms with Gasteiger partial charge in [0.2, 0.25) is 0 Å². The maximum Gasteiger partial charge on any atom is 0.274 e. The van der Waals surface area contributed by atoms with Gasteiger partial charge in [0, 0.05) is 25.8 Å². The van der Waals surface area contributed by atoms with Crippen molar-refractivity contribution < 1.29 is 4.79 Å². The first-order valence-electron chi connectivity index (χ1n) is 10.8. The van der Waals surface area contributed by atoms with E-state index < -0.39 is 0 Å². The Balaban J connectivity index is 0.00000240. The maximum atomic E-state index is 12.8. The summed E-state index contributed by atoms with van der Waals surface area (Å²) in [6, 6.07) is 11.1. The number of amides is 1. The Labute approximate surface area is 180 Å². The third-order valence-corrected chi connectivity index (χ3v) is 6.34. The second-order valence-electron chi connectivity index (χ2n) is 8.44. The van der Waals surface area contributed by atoms with Gasteiger partial charge < -0.3 is 10.2 Å². The molecule has 3 heterocycles. The van der Waals surface area contributed by atoms with Crippen LogP contribution in [0.4, 0.5) is 0 Å². The van der Waals surface area contributed by atoms with Gasteiger partial charge in [-0.05, 0) is 69.5 Å². The molecule has 2 fully saturated rings. The number of carbonyl (C=O) groups is 1. The summed E-state index contributed by atoms with van der Waals surface area (Å²) in [4.78, 5) is 14.8. The molecule has 1 unspecified atom stereocenters. The fourth-order valence-corrected chi connectivity index (χ4v) is 4.43. The molecule has 1 aromatic carbocycles. The lowest BCUT2D eigenvalue weighted by atomic mass is 9.90. The highest BCUT2D eigenvalue weighted by Crippen LogP contribution is 2.24. The lowest BCUT2D eigenvalue weighted by Crippen LogP contribution is -2.39. The summed E-state index contributed by atoms with van der Waals surface area (Å²) in [5.74, 6) is 0.815. The molecule has 2 aromatic rings. The molecule has 1 atom stereocenters. The van der Waals surface area contributed by atoms with Crippen LogP contribution >= 0.6 is 12.4 Å². The number of aromatic nitrogens is 2. The standard InChI is InChI=1S/C23H32N4O.ClH/c1-18-4-6-19(7-5-18)8-9-20-10-14-26(15-11-20)23(28)22-12-16-27(25-22)21-3-2-13-24-17-21;/h4-7,12,16,20-21,24H,2-3,8-11,13-15,17H2,1H3;1H.